The predicted molar refractivity (Wildman–Crippen MR) is 102 cm³/mol. The zero-order valence-corrected chi connectivity index (χ0v) is 15.2. The van der Waals surface area contributed by atoms with E-state index >= 15 is 0 Å². The topological polar surface area (TPSA) is 68.3 Å². The Morgan fingerprint density at radius 2 is 1.85 bits per heavy atom. The largest absolute Gasteiger partial charge is 0.459 e. The molecule has 3 rings (SSSR count). The van der Waals surface area contributed by atoms with E-state index in [0.717, 1.165) is 5.56 Å². The lowest BCUT2D eigenvalue weighted by Crippen LogP contribution is -2.14. The number of carbonyl (C=O) groups is 2. The predicted octanol–water partition coefficient (Wildman–Crippen LogP) is 4.63. The highest BCUT2D eigenvalue weighted by Crippen LogP contribution is 2.26. The molecule has 132 valence electrons. The molecule has 3 aromatic rings. The summed E-state index contributed by atoms with van der Waals surface area (Å²) in [5.41, 5.74) is 4.09. The Hall–Kier alpha value is -2.99. The minimum atomic E-state index is -0.418. The molecular weight excluding hydrogens is 348 g/mol. The third kappa shape index (κ3) is 4.15. The van der Waals surface area contributed by atoms with Gasteiger partial charge in [0.05, 0.1) is 22.9 Å². The van der Waals surface area contributed by atoms with Gasteiger partial charge in [0.15, 0.2) is 0 Å². The summed E-state index contributed by atoms with van der Waals surface area (Å²) in [4.78, 5) is 29.5. The van der Waals surface area contributed by atoms with Crippen LogP contribution >= 0.6 is 11.3 Å². The Morgan fingerprint density at radius 1 is 1.08 bits per heavy atom. The van der Waals surface area contributed by atoms with Crippen LogP contribution < -0.4 is 5.32 Å². The zero-order chi connectivity index (χ0) is 18.5. The van der Waals surface area contributed by atoms with E-state index in [0.29, 0.717) is 21.8 Å². The van der Waals surface area contributed by atoms with Gasteiger partial charge in [0.1, 0.15) is 4.88 Å². The highest BCUT2D eigenvalue weighted by atomic mass is 32.1. The van der Waals surface area contributed by atoms with Crippen molar-refractivity contribution in [1.82, 2.24) is 4.98 Å². The molecule has 0 atom stereocenters. The number of anilines is 1. The van der Waals surface area contributed by atoms with Crippen LogP contribution in [0.25, 0.3) is 11.3 Å². The first-order valence-electron chi connectivity index (χ1n) is 8.16. The third-order valence-electron chi connectivity index (χ3n) is 3.52. The number of hydrogen-bond acceptors (Lipinski definition) is 5. The van der Waals surface area contributed by atoms with Crippen molar-refractivity contribution < 1.29 is 14.3 Å². The van der Waals surface area contributed by atoms with Crippen LogP contribution in [0.15, 0.2) is 60.1 Å². The molecule has 1 N–H and O–H groups in total. The lowest BCUT2D eigenvalue weighted by atomic mass is 10.1. The summed E-state index contributed by atoms with van der Waals surface area (Å²) in [6.07, 6.45) is -0.202. The highest BCUT2D eigenvalue weighted by molar-refractivity contribution is 7.12. The Bertz CT molecular complexity index is 920. The molecule has 2 aromatic carbocycles. The molecule has 6 heteroatoms. The molecular formula is C20H18N2O3S. The fourth-order valence-electron chi connectivity index (χ4n) is 2.40. The molecule has 0 saturated heterocycles. The number of nitrogens with zero attached hydrogens (tertiary/aromatic N) is 1. The molecule has 0 aliphatic rings. The fraction of sp³-hybridized carbons (Fsp3) is 0.150. The summed E-state index contributed by atoms with van der Waals surface area (Å²) in [7, 11) is 0. The maximum Gasteiger partial charge on any atom is 0.338 e. The van der Waals surface area contributed by atoms with Gasteiger partial charge < -0.3 is 10.1 Å². The SMILES string of the molecule is CC(C)OC(=O)c1cccc(NC(=O)c2scnc2-c2ccccc2)c1. The van der Waals surface area contributed by atoms with E-state index in [1.807, 2.05) is 30.3 Å². The molecule has 26 heavy (non-hydrogen) atoms. The van der Waals surface area contributed by atoms with Gasteiger partial charge in [0, 0.05) is 11.3 Å². The van der Waals surface area contributed by atoms with Crippen LogP contribution in [-0.2, 0) is 4.74 Å². The van der Waals surface area contributed by atoms with Crippen molar-refractivity contribution in [2.75, 3.05) is 5.32 Å². The summed E-state index contributed by atoms with van der Waals surface area (Å²) in [5, 5.41) is 2.83. The average Bonchev–Trinajstić information content (AvgIpc) is 3.12. The molecule has 5 nitrogen and oxygen atoms in total. The Balaban J connectivity index is 1.80. The second kappa shape index (κ2) is 7.93. The van der Waals surface area contributed by atoms with Crippen molar-refractivity contribution in [2.45, 2.75) is 20.0 Å². The van der Waals surface area contributed by atoms with Crippen LogP contribution in [-0.4, -0.2) is 23.0 Å². The van der Waals surface area contributed by atoms with E-state index in [1.165, 1.54) is 11.3 Å². The average molecular weight is 366 g/mol. The van der Waals surface area contributed by atoms with E-state index in [-0.39, 0.29) is 12.0 Å². The van der Waals surface area contributed by atoms with E-state index in [4.69, 9.17) is 4.74 Å². The molecule has 0 radical (unpaired) electrons. The molecule has 0 spiro atoms. The number of rotatable bonds is 5. The number of amides is 1. The number of ether oxygens (including phenoxy) is 1. The minimum absolute atomic E-state index is 0.202. The van der Waals surface area contributed by atoms with Crippen LogP contribution in [0.3, 0.4) is 0 Å². The van der Waals surface area contributed by atoms with Crippen molar-refractivity contribution in [2.24, 2.45) is 0 Å². The molecule has 0 unspecified atom stereocenters. The van der Waals surface area contributed by atoms with Crippen LogP contribution in [0.5, 0.6) is 0 Å². The molecule has 0 aliphatic heterocycles. The maximum absolute atomic E-state index is 12.7. The first kappa shape index (κ1) is 17.8. The van der Waals surface area contributed by atoms with Gasteiger partial charge in [-0.05, 0) is 32.0 Å². The summed E-state index contributed by atoms with van der Waals surface area (Å²) < 4.78 is 5.19. The van der Waals surface area contributed by atoms with Gasteiger partial charge in [0.25, 0.3) is 5.91 Å². The molecule has 0 saturated carbocycles. The number of esters is 1. The standard InChI is InChI=1S/C20H18N2O3S/c1-13(2)25-20(24)15-9-6-10-16(11-15)22-19(23)18-17(21-12-26-18)14-7-4-3-5-8-14/h3-13H,1-2H3,(H,22,23). The Labute approximate surface area is 155 Å². The molecule has 1 aromatic heterocycles. The molecule has 1 amide bonds. The lowest BCUT2D eigenvalue weighted by Gasteiger charge is -2.10. The Morgan fingerprint density at radius 3 is 2.58 bits per heavy atom. The smallest absolute Gasteiger partial charge is 0.338 e. The molecule has 0 aliphatic carbocycles. The van der Waals surface area contributed by atoms with Gasteiger partial charge in [0.2, 0.25) is 0 Å². The van der Waals surface area contributed by atoms with Gasteiger partial charge in [-0.3, -0.25) is 4.79 Å². The quantitative estimate of drug-likeness (QED) is 0.669. The van der Waals surface area contributed by atoms with Crippen LogP contribution in [0.4, 0.5) is 5.69 Å². The number of hydrogen-bond donors (Lipinski definition) is 1. The van der Waals surface area contributed by atoms with Gasteiger partial charge in [-0.15, -0.1) is 11.3 Å². The number of thiazole rings is 1. The number of nitrogens with one attached hydrogen (secondary N) is 1. The Kier molecular flexibility index (Phi) is 5.43. The summed E-state index contributed by atoms with van der Waals surface area (Å²) in [6.45, 7) is 3.58. The van der Waals surface area contributed by atoms with Crippen LogP contribution in [0.2, 0.25) is 0 Å². The normalized spacial score (nSPS) is 10.6. The molecule has 0 fully saturated rings. The fourth-order valence-corrected chi connectivity index (χ4v) is 3.11. The van der Waals surface area contributed by atoms with Crippen molar-refractivity contribution in [3.05, 3.63) is 70.5 Å². The number of carbonyl (C=O) groups excluding carboxylic acids is 2. The maximum atomic E-state index is 12.7. The highest BCUT2D eigenvalue weighted by Gasteiger charge is 2.17. The van der Waals surface area contributed by atoms with Gasteiger partial charge in [-0.25, -0.2) is 9.78 Å². The second-order valence-electron chi connectivity index (χ2n) is 5.89. The lowest BCUT2D eigenvalue weighted by molar-refractivity contribution is 0.0378. The van der Waals surface area contributed by atoms with Crippen molar-refractivity contribution in [3.63, 3.8) is 0 Å². The summed E-state index contributed by atoms with van der Waals surface area (Å²) in [6, 6.07) is 16.2. The minimum Gasteiger partial charge on any atom is -0.459 e. The summed E-state index contributed by atoms with van der Waals surface area (Å²) >= 11 is 1.28. The monoisotopic (exact) mass is 366 g/mol. The van der Waals surface area contributed by atoms with E-state index in [2.05, 4.69) is 10.3 Å². The van der Waals surface area contributed by atoms with Gasteiger partial charge in [-0.2, -0.15) is 0 Å². The number of aromatic nitrogens is 1. The van der Waals surface area contributed by atoms with Crippen molar-refractivity contribution >= 4 is 28.9 Å². The molecule has 0 bridgehead atoms. The first-order valence-corrected chi connectivity index (χ1v) is 9.04. The number of benzene rings is 2. The van der Waals surface area contributed by atoms with Crippen LogP contribution in [0.1, 0.15) is 33.9 Å². The van der Waals surface area contributed by atoms with Gasteiger partial charge in [-0.1, -0.05) is 36.4 Å². The summed E-state index contributed by atoms with van der Waals surface area (Å²) in [5.74, 6) is -0.681. The molecule has 1 heterocycles. The second-order valence-corrected chi connectivity index (χ2v) is 6.74. The first-order chi connectivity index (χ1) is 12.5. The zero-order valence-electron chi connectivity index (χ0n) is 14.4. The van der Waals surface area contributed by atoms with Gasteiger partial charge >= 0.3 is 5.97 Å². The van der Waals surface area contributed by atoms with E-state index in [1.54, 1.807) is 43.6 Å². The third-order valence-corrected chi connectivity index (χ3v) is 4.35. The van der Waals surface area contributed by atoms with Crippen LogP contribution in [0, 0.1) is 0 Å². The van der Waals surface area contributed by atoms with E-state index < -0.39 is 5.97 Å². The van der Waals surface area contributed by atoms with E-state index in [9.17, 15) is 9.59 Å². The van der Waals surface area contributed by atoms with Crippen molar-refractivity contribution in [3.8, 4) is 11.3 Å². The van der Waals surface area contributed by atoms with Crippen molar-refractivity contribution in [1.29, 1.82) is 0 Å².